The molecule has 0 aliphatic rings. The fourth-order valence-electron chi connectivity index (χ4n) is 2.26. The van der Waals surface area contributed by atoms with E-state index in [1.807, 2.05) is 13.0 Å². The highest BCUT2D eigenvalue weighted by Gasteiger charge is 2.18. The standard InChI is InChI=1S/C17H14ClNO3/c1-10-14-9-13(21-2)7-8-15(14)22-16(10)17(20)19-12-5-3-11(18)4-6-12/h3-9H,1-2H3,(H,19,20). The topological polar surface area (TPSA) is 51.5 Å². The van der Waals surface area contributed by atoms with Crippen LogP contribution in [0.15, 0.2) is 46.9 Å². The van der Waals surface area contributed by atoms with Crippen molar-refractivity contribution in [3.63, 3.8) is 0 Å². The molecule has 0 spiro atoms. The average Bonchev–Trinajstić information content (AvgIpc) is 2.86. The van der Waals surface area contributed by atoms with Crippen molar-refractivity contribution in [1.82, 2.24) is 0 Å². The lowest BCUT2D eigenvalue weighted by Crippen LogP contribution is -2.11. The van der Waals surface area contributed by atoms with E-state index in [0.29, 0.717) is 22.1 Å². The maximum atomic E-state index is 12.4. The van der Waals surface area contributed by atoms with Crippen molar-refractivity contribution in [2.45, 2.75) is 6.92 Å². The lowest BCUT2D eigenvalue weighted by molar-refractivity contribution is 0.0998. The van der Waals surface area contributed by atoms with Crippen LogP contribution in [0, 0.1) is 6.92 Å². The van der Waals surface area contributed by atoms with Crippen LogP contribution in [0.5, 0.6) is 5.75 Å². The number of anilines is 1. The zero-order chi connectivity index (χ0) is 15.7. The number of halogens is 1. The molecule has 0 fully saturated rings. The number of nitrogens with one attached hydrogen (secondary N) is 1. The summed E-state index contributed by atoms with van der Waals surface area (Å²) >= 11 is 5.83. The number of carbonyl (C=O) groups is 1. The summed E-state index contributed by atoms with van der Waals surface area (Å²) in [4.78, 5) is 12.4. The summed E-state index contributed by atoms with van der Waals surface area (Å²) in [5.74, 6) is 0.717. The molecule has 1 amide bonds. The number of ether oxygens (including phenoxy) is 1. The normalized spacial score (nSPS) is 10.7. The number of fused-ring (bicyclic) bond motifs is 1. The van der Waals surface area contributed by atoms with E-state index >= 15 is 0 Å². The van der Waals surface area contributed by atoms with E-state index in [1.54, 1.807) is 43.5 Å². The van der Waals surface area contributed by atoms with Gasteiger partial charge in [0.25, 0.3) is 5.91 Å². The molecular weight excluding hydrogens is 302 g/mol. The molecule has 0 saturated heterocycles. The van der Waals surface area contributed by atoms with Gasteiger partial charge in [0.1, 0.15) is 11.3 Å². The summed E-state index contributed by atoms with van der Waals surface area (Å²) in [6.07, 6.45) is 0. The molecule has 1 aromatic heterocycles. The molecule has 0 aliphatic carbocycles. The molecule has 1 N–H and O–H groups in total. The smallest absolute Gasteiger partial charge is 0.291 e. The number of furan rings is 1. The van der Waals surface area contributed by atoms with Gasteiger partial charge in [0.05, 0.1) is 7.11 Å². The van der Waals surface area contributed by atoms with E-state index in [1.165, 1.54) is 0 Å². The quantitative estimate of drug-likeness (QED) is 0.765. The molecule has 3 aromatic rings. The van der Waals surface area contributed by atoms with Crippen LogP contribution >= 0.6 is 11.6 Å². The lowest BCUT2D eigenvalue weighted by atomic mass is 10.1. The Kier molecular flexibility index (Phi) is 3.77. The number of aryl methyl sites for hydroxylation is 1. The molecule has 22 heavy (non-hydrogen) atoms. The zero-order valence-electron chi connectivity index (χ0n) is 12.1. The highest BCUT2D eigenvalue weighted by Crippen LogP contribution is 2.29. The van der Waals surface area contributed by atoms with Crippen molar-refractivity contribution in [2.24, 2.45) is 0 Å². The summed E-state index contributed by atoms with van der Waals surface area (Å²) in [7, 11) is 1.60. The monoisotopic (exact) mass is 315 g/mol. The molecule has 0 aliphatic heterocycles. The Balaban J connectivity index is 1.93. The molecule has 0 unspecified atom stereocenters. The van der Waals surface area contributed by atoms with E-state index in [0.717, 1.165) is 16.7 Å². The van der Waals surface area contributed by atoms with E-state index in [4.69, 9.17) is 20.8 Å². The Morgan fingerprint density at radius 2 is 1.91 bits per heavy atom. The largest absolute Gasteiger partial charge is 0.497 e. The summed E-state index contributed by atoms with van der Waals surface area (Å²) in [5.41, 5.74) is 2.09. The Bertz CT molecular complexity index is 837. The van der Waals surface area contributed by atoms with Gasteiger partial charge in [-0.15, -0.1) is 0 Å². The van der Waals surface area contributed by atoms with E-state index in [2.05, 4.69) is 5.32 Å². The minimum atomic E-state index is -0.296. The van der Waals surface area contributed by atoms with E-state index in [9.17, 15) is 4.79 Å². The van der Waals surface area contributed by atoms with Crippen molar-refractivity contribution in [1.29, 1.82) is 0 Å². The predicted octanol–water partition coefficient (Wildman–Crippen LogP) is 4.66. The van der Waals surface area contributed by atoms with Crippen LogP contribution in [0.1, 0.15) is 16.1 Å². The van der Waals surface area contributed by atoms with Crippen LogP contribution in [0.2, 0.25) is 5.02 Å². The predicted molar refractivity (Wildman–Crippen MR) is 86.9 cm³/mol. The third kappa shape index (κ3) is 2.65. The van der Waals surface area contributed by atoms with Crippen LogP contribution in [0.4, 0.5) is 5.69 Å². The Morgan fingerprint density at radius 1 is 1.18 bits per heavy atom. The highest BCUT2D eigenvalue weighted by atomic mass is 35.5. The molecule has 0 bridgehead atoms. The number of rotatable bonds is 3. The van der Waals surface area contributed by atoms with Gasteiger partial charge in [0, 0.05) is 21.7 Å². The highest BCUT2D eigenvalue weighted by molar-refractivity contribution is 6.30. The minimum absolute atomic E-state index is 0.290. The van der Waals surface area contributed by atoms with Crippen molar-refractivity contribution < 1.29 is 13.9 Å². The van der Waals surface area contributed by atoms with Gasteiger partial charge in [-0.3, -0.25) is 4.79 Å². The van der Waals surface area contributed by atoms with Gasteiger partial charge in [-0.05, 0) is 49.4 Å². The second kappa shape index (κ2) is 5.73. The average molecular weight is 316 g/mol. The van der Waals surface area contributed by atoms with Gasteiger partial charge in [-0.2, -0.15) is 0 Å². The maximum absolute atomic E-state index is 12.4. The molecule has 0 atom stereocenters. The van der Waals surface area contributed by atoms with Crippen molar-refractivity contribution in [2.75, 3.05) is 12.4 Å². The van der Waals surface area contributed by atoms with E-state index in [-0.39, 0.29) is 5.91 Å². The SMILES string of the molecule is COc1ccc2oc(C(=O)Nc3ccc(Cl)cc3)c(C)c2c1. The Morgan fingerprint density at radius 3 is 2.59 bits per heavy atom. The van der Waals surface area contributed by atoms with Crippen molar-refractivity contribution >= 4 is 34.2 Å². The number of methoxy groups -OCH3 is 1. The fraction of sp³-hybridized carbons (Fsp3) is 0.118. The lowest BCUT2D eigenvalue weighted by Gasteiger charge is -2.03. The van der Waals surface area contributed by atoms with Gasteiger partial charge in [-0.25, -0.2) is 0 Å². The summed E-state index contributed by atoms with van der Waals surface area (Å²) in [5, 5.41) is 4.27. The van der Waals surface area contributed by atoms with Crippen LogP contribution < -0.4 is 10.1 Å². The van der Waals surface area contributed by atoms with Crippen LogP contribution in [0.25, 0.3) is 11.0 Å². The first-order valence-corrected chi connectivity index (χ1v) is 7.10. The van der Waals surface area contributed by atoms with Gasteiger partial charge in [0.2, 0.25) is 0 Å². The Hall–Kier alpha value is -2.46. The molecule has 5 heteroatoms. The summed E-state index contributed by atoms with van der Waals surface area (Å²) in [6, 6.07) is 12.4. The summed E-state index contributed by atoms with van der Waals surface area (Å²) < 4.78 is 10.9. The Labute approximate surface area is 132 Å². The number of carbonyl (C=O) groups excluding carboxylic acids is 1. The third-order valence-electron chi connectivity index (χ3n) is 3.45. The summed E-state index contributed by atoms with van der Waals surface area (Å²) in [6.45, 7) is 1.85. The third-order valence-corrected chi connectivity index (χ3v) is 3.70. The van der Waals surface area contributed by atoms with Crippen LogP contribution in [0.3, 0.4) is 0 Å². The number of hydrogen-bond acceptors (Lipinski definition) is 3. The van der Waals surface area contributed by atoms with Crippen LogP contribution in [-0.2, 0) is 0 Å². The number of hydrogen-bond donors (Lipinski definition) is 1. The second-order valence-corrected chi connectivity index (χ2v) is 5.32. The first-order chi connectivity index (χ1) is 10.6. The number of amides is 1. The molecule has 3 rings (SSSR count). The van der Waals surface area contributed by atoms with Crippen LogP contribution in [-0.4, -0.2) is 13.0 Å². The zero-order valence-corrected chi connectivity index (χ0v) is 12.9. The molecule has 0 radical (unpaired) electrons. The molecule has 112 valence electrons. The molecule has 4 nitrogen and oxygen atoms in total. The molecule has 2 aromatic carbocycles. The molecular formula is C17H14ClNO3. The minimum Gasteiger partial charge on any atom is -0.497 e. The number of benzene rings is 2. The van der Waals surface area contributed by atoms with Gasteiger partial charge in [0.15, 0.2) is 5.76 Å². The van der Waals surface area contributed by atoms with Gasteiger partial charge < -0.3 is 14.5 Å². The van der Waals surface area contributed by atoms with Crippen molar-refractivity contribution in [3.8, 4) is 5.75 Å². The fourth-order valence-corrected chi connectivity index (χ4v) is 2.39. The van der Waals surface area contributed by atoms with E-state index < -0.39 is 0 Å². The maximum Gasteiger partial charge on any atom is 0.291 e. The van der Waals surface area contributed by atoms with Gasteiger partial charge >= 0.3 is 0 Å². The van der Waals surface area contributed by atoms with Gasteiger partial charge in [-0.1, -0.05) is 11.6 Å². The first kappa shape index (κ1) is 14.5. The first-order valence-electron chi connectivity index (χ1n) is 6.72. The molecule has 1 heterocycles. The molecule has 0 saturated carbocycles. The second-order valence-electron chi connectivity index (χ2n) is 4.88. The van der Waals surface area contributed by atoms with Crippen molar-refractivity contribution in [3.05, 3.63) is 58.8 Å².